The van der Waals surface area contributed by atoms with Crippen molar-refractivity contribution in [2.75, 3.05) is 26.2 Å². The Bertz CT molecular complexity index is 943. The van der Waals surface area contributed by atoms with Crippen molar-refractivity contribution < 1.29 is 0 Å². The monoisotopic (exact) mass is 348 g/mol. The van der Waals surface area contributed by atoms with E-state index in [1.165, 1.54) is 5.56 Å². The van der Waals surface area contributed by atoms with E-state index >= 15 is 0 Å². The summed E-state index contributed by atoms with van der Waals surface area (Å²) in [6.45, 7) is 5.79. The van der Waals surface area contributed by atoms with Crippen LogP contribution in [0.15, 0.2) is 59.4 Å². The minimum absolute atomic E-state index is 0.128. The van der Waals surface area contributed by atoms with Crippen LogP contribution in [0.2, 0.25) is 0 Å². The van der Waals surface area contributed by atoms with Crippen LogP contribution in [0.1, 0.15) is 11.4 Å². The van der Waals surface area contributed by atoms with Gasteiger partial charge < -0.3 is 4.57 Å². The largest absolute Gasteiger partial charge is 0.331 e. The molecule has 0 N–H and O–H groups in total. The number of rotatable bonds is 4. The Morgan fingerprint density at radius 2 is 1.46 bits per heavy atom. The van der Waals surface area contributed by atoms with Gasteiger partial charge in [0.15, 0.2) is 0 Å². The molecule has 0 atom stereocenters. The molecule has 1 fully saturated rings. The van der Waals surface area contributed by atoms with Gasteiger partial charge in [0.05, 0.1) is 17.4 Å². The van der Waals surface area contributed by atoms with Crippen LogP contribution in [-0.4, -0.2) is 45.5 Å². The zero-order valence-corrected chi connectivity index (χ0v) is 15.1. The van der Waals surface area contributed by atoms with Crippen LogP contribution in [0.25, 0.3) is 10.9 Å². The number of hydrogen-bond donors (Lipinski definition) is 0. The molecule has 5 nitrogen and oxygen atoms in total. The number of benzene rings is 2. The van der Waals surface area contributed by atoms with Gasteiger partial charge in [-0.25, -0.2) is 0 Å². The van der Waals surface area contributed by atoms with E-state index in [1.54, 1.807) is 0 Å². The van der Waals surface area contributed by atoms with Gasteiger partial charge in [0.2, 0.25) is 0 Å². The van der Waals surface area contributed by atoms with Gasteiger partial charge in [-0.3, -0.25) is 14.6 Å². The Morgan fingerprint density at radius 1 is 0.846 bits per heavy atom. The molecule has 1 aliphatic rings. The van der Waals surface area contributed by atoms with Crippen LogP contribution >= 0.6 is 0 Å². The molecule has 0 bridgehead atoms. The average molecular weight is 348 g/mol. The Balaban J connectivity index is 1.42. The molecule has 1 saturated heterocycles. The molecule has 134 valence electrons. The maximum absolute atomic E-state index is 12.3. The van der Waals surface area contributed by atoms with Crippen molar-refractivity contribution >= 4 is 10.9 Å². The third kappa shape index (κ3) is 3.54. The van der Waals surface area contributed by atoms with Crippen molar-refractivity contribution in [3.05, 3.63) is 76.3 Å². The van der Waals surface area contributed by atoms with Gasteiger partial charge in [0.25, 0.3) is 5.56 Å². The smallest absolute Gasteiger partial charge is 0.280 e. The Kier molecular flexibility index (Phi) is 4.82. The van der Waals surface area contributed by atoms with Crippen LogP contribution in [0.3, 0.4) is 0 Å². The topological polar surface area (TPSA) is 41.4 Å². The molecule has 4 rings (SSSR count). The highest BCUT2D eigenvalue weighted by Gasteiger charge is 2.19. The lowest BCUT2D eigenvalue weighted by atomic mass is 10.2. The van der Waals surface area contributed by atoms with Crippen molar-refractivity contribution in [1.82, 2.24) is 19.4 Å². The van der Waals surface area contributed by atoms with Gasteiger partial charge >= 0.3 is 0 Å². The fourth-order valence-corrected chi connectivity index (χ4v) is 3.63. The Hall–Kier alpha value is -2.50. The second-order valence-electron chi connectivity index (χ2n) is 6.95. The zero-order chi connectivity index (χ0) is 17.9. The van der Waals surface area contributed by atoms with Crippen molar-refractivity contribution in [3.63, 3.8) is 0 Å². The number of hydrogen-bond acceptors (Lipinski definition) is 4. The van der Waals surface area contributed by atoms with E-state index < -0.39 is 0 Å². The summed E-state index contributed by atoms with van der Waals surface area (Å²) in [4.78, 5) is 21.5. The summed E-state index contributed by atoms with van der Waals surface area (Å²) in [6, 6.07) is 18.3. The normalized spacial score (nSPS) is 16.2. The van der Waals surface area contributed by atoms with E-state index in [1.807, 2.05) is 35.9 Å². The number of para-hydroxylation sites is 1. The summed E-state index contributed by atoms with van der Waals surface area (Å²) in [5.74, 6) is 0.838. The molecule has 2 heterocycles. The molecule has 1 aliphatic heterocycles. The number of nitrogens with zero attached hydrogens (tertiary/aromatic N) is 4. The predicted octanol–water partition coefficient (Wildman–Crippen LogP) is 2.25. The molecule has 2 aromatic carbocycles. The number of aryl methyl sites for hydroxylation is 1. The van der Waals surface area contributed by atoms with Crippen LogP contribution in [0.5, 0.6) is 0 Å². The molecule has 0 saturated carbocycles. The minimum Gasteiger partial charge on any atom is -0.331 e. The number of aromatic nitrogens is 2. The summed E-state index contributed by atoms with van der Waals surface area (Å²) in [6.07, 6.45) is 0. The van der Waals surface area contributed by atoms with E-state index in [4.69, 9.17) is 0 Å². The molecular formula is C21H24N4O. The van der Waals surface area contributed by atoms with Gasteiger partial charge in [-0.15, -0.1) is 0 Å². The number of fused-ring (bicyclic) bond motifs is 1. The maximum Gasteiger partial charge on any atom is 0.280 e. The molecule has 0 amide bonds. The zero-order valence-electron chi connectivity index (χ0n) is 15.1. The molecule has 3 aromatic rings. The highest BCUT2D eigenvalue weighted by molar-refractivity contribution is 5.77. The SMILES string of the molecule is Cn1c(CN2CCN(Cc3ccccc3)CC2)nc(=O)c2ccccc21. The van der Waals surface area contributed by atoms with E-state index in [9.17, 15) is 4.79 Å². The molecule has 5 heteroatoms. The molecule has 1 aromatic heterocycles. The van der Waals surface area contributed by atoms with E-state index in [0.717, 1.165) is 50.6 Å². The Labute approximate surface area is 153 Å². The molecule has 0 spiro atoms. The van der Waals surface area contributed by atoms with Gasteiger partial charge in [-0.05, 0) is 17.7 Å². The lowest BCUT2D eigenvalue weighted by Crippen LogP contribution is -2.46. The highest BCUT2D eigenvalue weighted by atomic mass is 16.1. The summed E-state index contributed by atoms with van der Waals surface area (Å²) in [5.41, 5.74) is 2.18. The first-order valence-corrected chi connectivity index (χ1v) is 9.14. The lowest BCUT2D eigenvalue weighted by molar-refractivity contribution is 0.119. The van der Waals surface area contributed by atoms with Crippen LogP contribution in [0.4, 0.5) is 0 Å². The summed E-state index contributed by atoms with van der Waals surface area (Å²) < 4.78 is 2.05. The van der Waals surface area contributed by atoms with E-state index in [2.05, 4.69) is 45.1 Å². The van der Waals surface area contributed by atoms with Gasteiger partial charge in [-0.1, -0.05) is 42.5 Å². The van der Waals surface area contributed by atoms with Crippen molar-refractivity contribution in [3.8, 4) is 0 Å². The number of piperazine rings is 1. The van der Waals surface area contributed by atoms with Crippen LogP contribution in [0, 0.1) is 0 Å². The first-order valence-electron chi connectivity index (χ1n) is 9.14. The van der Waals surface area contributed by atoms with E-state index in [0.29, 0.717) is 5.39 Å². The standard InChI is InChI=1S/C21H24N4O/c1-23-19-10-6-5-9-18(19)21(26)22-20(23)16-25-13-11-24(12-14-25)15-17-7-3-2-4-8-17/h2-10H,11-16H2,1H3. The fourth-order valence-electron chi connectivity index (χ4n) is 3.63. The van der Waals surface area contributed by atoms with Crippen molar-refractivity contribution in [2.24, 2.45) is 7.05 Å². The fraction of sp³-hybridized carbons (Fsp3) is 0.333. The van der Waals surface area contributed by atoms with Crippen LogP contribution in [-0.2, 0) is 20.1 Å². The first kappa shape index (κ1) is 16.9. The van der Waals surface area contributed by atoms with Gasteiger partial charge in [0, 0.05) is 39.8 Å². The molecule has 26 heavy (non-hydrogen) atoms. The predicted molar refractivity (Wildman–Crippen MR) is 104 cm³/mol. The van der Waals surface area contributed by atoms with Gasteiger partial charge in [0.1, 0.15) is 5.82 Å². The van der Waals surface area contributed by atoms with Crippen molar-refractivity contribution in [2.45, 2.75) is 13.1 Å². The maximum atomic E-state index is 12.3. The van der Waals surface area contributed by atoms with E-state index in [-0.39, 0.29) is 5.56 Å². The van der Waals surface area contributed by atoms with Crippen LogP contribution < -0.4 is 5.56 Å². The van der Waals surface area contributed by atoms with Gasteiger partial charge in [-0.2, -0.15) is 4.98 Å². The minimum atomic E-state index is -0.128. The summed E-state index contributed by atoms with van der Waals surface area (Å²) in [5, 5.41) is 0.687. The quantitative estimate of drug-likeness (QED) is 0.725. The molecule has 0 unspecified atom stereocenters. The second kappa shape index (κ2) is 7.40. The molecular weight excluding hydrogens is 324 g/mol. The first-order chi connectivity index (χ1) is 12.7. The third-order valence-electron chi connectivity index (χ3n) is 5.19. The molecule has 0 aliphatic carbocycles. The average Bonchev–Trinajstić information content (AvgIpc) is 2.68. The Morgan fingerprint density at radius 3 is 2.19 bits per heavy atom. The molecule has 0 radical (unpaired) electrons. The summed E-state index contributed by atoms with van der Waals surface area (Å²) >= 11 is 0. The van der Waals surface area contributed by atoms with Crippen molar-refractivity contribution in [1.29, 1.82) is 0 Å². The lowest BCUT2D eigenvalue weighted by Gasteiger charge is -2.34. The summed E-state index contributed by atoms with van der Waals surface area (Å²) in [7, 11) is 2.00. The second-order valence-corrected chi connectivity index (χ2v) is 6.95. The third-order valence-corrected chi connectivity index (χ3v) is 5.19. The highest BCUT2D eigenvalue weighted by Crippen LogP contribution is 2.13.